The Morgan fingerprint density at radius 1 is 1.06 bits per heavy atom. The van der Waals surface area contributed by atoms with Gasteiger partial charge in [-0.15, -0.1) is 0 Å². The third kappa shape index (κ3) is 5.83. The van der Waals surface area contributed by atoms with E-state index in [2.05, 4.69) is 20.9 Å². The molecule has 0 spiro atoms. The van der Waals surface area contributed by atoms with E-state index in [-0.39, 0.29) is 12.3 Å². The van der Waals surface area contributed by atoms with Crippen molar-refractivity contribution in [1.82, 2.24) is 19.8 Å². The molecule has 0 aliphatic carbocycles. The molecule has 1 fully saturated rings. The highest BCUT2D eigenvalue weighted by atomic mass is 16.5. The minimum atomic E-state index is -0.0294. The molecule has 1 aliphatic rings. The Bertz CT molecular complexity index is 1080. The van der Waals surface area contributed by atoms with Crippen molar-refractivity contribution in [3.63, 3.8) is 0 Å². The third-order valence-corrected chi connectivity index (χ3v) is 5.96. The lowest BCUT2D eigenvalue weighted by Crippen LogP contribution is -2.38. The highest BCUT2D eigenvalue weighted by Gasteiger charge is 2.15. The molecule has 2 aromatic carbocycles. The number of amides is 1. The first kappa shape index (κ1) is 23.1. The van der Waals surface area contributed by atoms with Crippen LogP contribution in [0.3, 0.4) is 0 Å². The van der Waals surface area contributed by atoms with Gasteiger partial charge in [0.15, 0.2) is 11.5 Å². The number of carbonyl (C=O) groups excluding carboxylic acids is 1. The first-order valence-electron chi connectivity index (χ1n) is 11.4. The minimum absolute atomic E-state index is 0.0294. The molecule has 2 heterocycles. The number of rotatable bonds is 10. The van der Waals surface area contributed by atoms with Crippen molar-refractivity contribution >= 4 is 16.9 Å². The van der Waals surface area contributed by atoms with Crippen molar-refractivity contribution in [2.45, 2.75) is 19.4 Å². The number of aromatic nitrogens is 2. The summed E-state index contributed by atoms with van der Waals surface area (Å²) in [6, 6.07) is 13.7. The number of imidazole rings is 1. The molecule has 176 valence electrons. The number of para-hydroxylation sites is 2. The first-order valence-corrected chi connectivity index (χ1v) is 11.4. The summed E-state index contributed by atoms with van der Waals surface area (Å²) in [5, 5.41) is 3.03. The molecule has 8 nitrogen and oxygen atoms in total. The van der Waals surface area contributed by atoms with Gasteiger partial charge in [-0.2, -0.15) is 0 Å². The molecule has 0 saturated carbocycles. The van der Waals surface area contributed by atoms with E-state index in [1.54, 1.807) is 14.2 Å². The monoisotopic (exact) mass is 452 g/mol. The summed E-state index contributed by atoms with van der Waals surface area (Å²) in [5.74, 6) is 2.24. The van der Waals surface area contributed by atoms with E-state index in [0.717, 1.165) is 61.8 Å². The average Bonchev–Trinajstić information content (AvgIpc) is 3.20. The van der Waals surface area contributed by atoms with Crippen LogP contribution in [0, 0.1) is 0 Å². The van der Waals surface area contributed by atoms with Crippen LogP contribution in [0.15, 0.2) is 42.5 Å². The number of fused-ring (bicyclic) bond motifs is 1. The molecule has 8 heteroatoms. The van der Waals surface area contributed by atoms with Crippen LogP contribution >= 0.6 is 0 Å². The number of nitrogens with one attached hydrogen (secondary N) is 1. The van der Waals surface area contributed by atoms with Gasteiger partial charge >= 0.3 is 0 Å². The fourth-order valence-corrected chi connectivity index (χ4v) is 4.18. The molecule has 0 radical (unpaired) electrons. The zero-order valence-electron chi connectivity index (χ0n) is 19.4. The molecule has 3 aromatic rings. The van der Waals surface area contributed by atoms with Gasteiger partial charge in [0.05, 0.1) is 44.9 Å². The normalized spacial score (nSPS) is 14.4. The first-order chi connectivity index (χ1) is 16.2. The van der Waals surface area contributed by atoms with Crippen molar-refractivity contribution in [3.05, 3.63) is 53.9 Å². The van der Waals surface area contributed by atoms with Crippen molar-refractivity contribution in [2.75, 3.05) is 53.6 Å². The van der Waals surface area contributed by atoms with E-state index < -0.39 is 0 Å². The van der Waals surface area contributed by atoms with Crippen LogP contribution in [0.4, 0.5) is 0 Å². The van der Waals surface area contributed by atoms with Gasteiger partial charge in [0.25, 0.3) is 0 Å². The molecule has 4 rings (SSSR count). The summed E-state index contributed by atoms with van der Waals surface area (Å²) in [6.07, 6.45) is 0.962. The molecule has 0 atom stereocenters. The molecule has 0 unspecified atom stereocenters. The molecule has 1 aromatic heterocycles. The highest BCUT2D eigenvalue weighted by Crippen LogP contribution is 2.27. The van der Waals surface area contributed by atoms with Gasteiger partial charge in [-0.3, -0.25) is 9.69 Å². The molecule has 0 bridgehead atoms. The second kappa shape index (κ2) is 11.2. The van der Waals surface area contributed by atoms with Gasteiger partial charge < -0.3 is 24.1 Å². The summed E-state index contributed by atoms with van der Waals surface area (Å²) in [6.45, 7) is 5.89. The van der Waals surface area contributed by atoms with Gasteiger partial charge in [0.2, 0.25) is 5.91 Å². The van der Waals surface area contributed by atoms with Crippen LogP contribution in [-0.2, 0) is 28.9 Å². The molecule has 1 saturated heterocycles. The Labute approximate surface area is 194 Å². The van der Waals surface area contributed by atoms with Gasteiger partial charge in [0.1, 0.15) is 5.82 Å². The predicted molar refractivity (Wildman–Crippen MR) is 127 cm³/mol. The number of hydrogen-bond donors (Lipinski definition) is 1. The van der Waals surface area contributed by atoms with Crippen LogP contribution in [0.5, 0.6) is 11.5 Å². The maximum Gasteiger partial charge on any atom is 0.224 e. The SMILES string of the molecule is COc1ccc(CC(=O)NCCc2nc3ccccc3n2CCN2CCOCC2)cc1OC. The number of morpholine rings is 1. The Balaban J connectivity index is 1.36. The zero-order valence-corrected chi connectivity index (χ0v) is 19.4. The van der Waals surface area contributed by atoms with Crippen LogP contribution in [0.25, 0.3) is 11.0 Å². The van der Waals surface area contributed by atoms with Crippen LogP contribution in [0.1, 0.15) is 11.4 Å². The third-order valence-electron chi connectivity index (χ3n) is 5.96. The quantitative estimate of drug-likeness (QED) is 0.509. The van der Waals surface area contributed by atoms with Crippen LogP contribution in [0.2, 0.25) is 0 Å². The summed E-state index contributed by atoms with van der Waals surface area (Å²) < 4.78 is 18.3. The maximum absolute atomic E-state index is 12.5. The summed E-state index contributed by atoms with van der Waals surface area (Å²) >= 11 is 0. The topological polar surface area (TPSA) is 77.9 Å². The Kier molecular flexibility index (Phi) is 7.80. The van der Waals surface area contributed by atoms with E-state index in [9.17, 15) is 4.79 Å². The average molecular weight is 453 g/mol. The fraction of sp³-hybridized carbons (Fsp3) is 0.440. The fourth-order valence-electron chi connectivity index (χ4n) is 4.18. The van der Waals surface area contributed by atoms with Crippen LogP contribution in [-0.4, -0.2) is 74.0 Å². The molecule has 1 aliphatic heterocycles. The number of hydrogen-bond acceptors (Lipinski definition) is 6. The van der Waals surface area contributed by atoms with Crippen molar-refractivity contribution < 1.29 is 19.0 Å². The molecule has 33 heavy (non-hydrogen) atoms. The summed E-state index contributed by atoms with van der Waals surface area (Å²) in [7, 11) is 3.19. The largest absolute Gasteiger partial charge is 0.493 e. The zero-order chi connectivity index (χ0) is 23.0. The second-order valence-corrected chi connectivity index (χ2v) is 8.09. The standard InChI is InChI=1S/C25H32N4O4/c1-31-22-8-7-19(17-23(22)32-2)18-25(30)26-10-9-24-27-20-5-3-4-6-21(20)29(24)12-11-28-13-15-33-16-14-28/h3-8,17H,9-16,18H2,1-2H3,(H,26,30). The van der Waals surface area contributed by atoms with Crippen molar-refractivity contribution in [2.24, 2.45) is 0 Å². The van der Waals surface area contributed by atoms with E-state index >= 15 is 0 Å². The summed E-state index contributed by atoms with van der Waals surface area (Å²) in [4.78, 5) is 19.8. The molecular formula is C25H32N4O4. The van der Waals surface area contributed by atoms with E-state index in [1.165, 1.54) is 0 Å². The van der Waals surface area contributed by atoms with Crippen LogP contribution < -0.4 is 14.8 Å². The molecular weight excluding hydrogens is 420 g/mol. The minimum Gasteiger partial charge on any atom is -0.493 e. The second-order valence-electron chi connectivity index (χ2n) is 8.09. The van der Waals surface area contributed by atoms with Gasteiger partial charge in [-0.05, 0) is 29.8 Å². The lowest BCUT2D eigenvalue weighted by molar-refractivity contribution is -0.120. The Morgan fingerprint density at radius 3 is 2.64 bits per heavy atom. The van der Waals surface area contributed by atoms with Gasteiger partial charge in [0, 0.05) is 39.1 Å². The predicted octanol–water partition coefficient (Wildman–Crippen LogP) is 2.29. The Morgan fingerprint density at radius 2 is 1.85 bits per heavy atom. The number of methoxy groups -OCH3 is 2. The van der Waals surface area contributed by atoms with Crippen molar-refractivity contribution in [3.8, 4) is 11.5 Å². The van der Waals surface area contributed by atoms with E-state index in [1.807, 2.05) is 36.4 Å². The smallest absolute Gasteiger partial charge is 0.224 e. The molecule has 1 N–H and O–H groups in total. The number of carbonyl (C=O) groups is 1. The maximum atomic E-state index is 12.5. The lowest BCUT2D eigenvalue weighted by Gasteiger charge is -2.27. The number of ether oxygens (including phenoxy) is 3. The van der Waals surface area contributed by atoms with E-state index in [0.29, 0.717) is 24.5 Å². The summed E-state index contributed by atoms with van der Waals surface area (Å²) in [5.41, 5.74) is 3.01. The van der Waals surface area contributed by atoms with E-state index in [4.69, 9.17) is 19.2 Å². The Hall–Kier alpha value is -3.10. The lowest BCUT2D eigenvalue weighted by atomic mass is 10.1. The number of nitrogens with zero attached hydrogens (tertiary/aromatic N) is 3. The number of benzene rings is 2. The van der Waals surface area contributed by atoms with Crippen molar-refractivity contribution in [1.29, 1.82) is 0 Å². The van der Waals surface area contributed by atoms with Gasteiger partial charge in [-0.1, -0.05) is 18.2 Å². The highest BCUT2D eigenvalue weighted by molar-refractivity contribution is 5.79. The van der Waals surface area contributed by atoms with Gasteiger partial charge in [-0.25, -0.2) is 4.98 Å². The molecule has 1 amide bonds.